The summed E-state index contributed by atoms with van der Waals surface area (Å²) in [5.74, 6) is -2.12. The van der Waals surface area contributed by atoms with Crippen molar-refractivity contribution in [2.75, 3.05) is 7.11 Å². The number of benzene rings is 3. The third kappa shape index (κ3) is 7.57. The van der Waals surface area contributed by atoms with E-state index in [4.69, 9.17) is 39.5 Å². The highest BCUT2D eigenvalue weighted by Crippen LogP contribution is 2.41. The van der Waals surface area contributed by atoms with Gasteiger partial charge in [-0.3, -0.25) is 9.59 Å². The normalized spacial score (nSPS) is 14.9. The van der Waals surface area contributed by atoms with E-state index in [1.165, 1.54) is 24.3 Å². The fourth-order valence-corrected chi connectivity index (χ4v) is 5.33. The average Bonchev–Trinajstić information content (AvgIpc) is 3.70. The Morgan fingerprint density at radius 1 is 1.07 bits per heavy atom. The summed E-state index contributed by atoms with van der Waals surface area (Å²) in [5.41, 5.74) is 0.308. The Balaban J connectivity index is 1.44. The van der Waals surface area contributed by atoms with Gasteiger partial charge in [0.1, 0.15) is 11.3 Å². The molecule has 2 amide bonds. The molecule has 0 saturated heterocycles. The molecule has 1 unspecified atom stereocenters. The van der Waals surface area contributed by atoms with Gasteiger partial charge in [-0.15, -0.1) is 0 Å². The monoisotopic (exact) mass is 688 g/mol. The van der Waals surface area contributed by atoms with E-state index in [1.54, 1.807) is 13.2 Å². The summed E-state index contributed by atoms with van der Waals surface area (Å²) < 4.78 is 47.1. The van der Waals surface area contributed by atoms with Crippen LogP contribution in [0, 0.1) is 0 Å². The Bertz CT molecular complexity index is 1490. The quantitative estimate of drug-likeness (QED) is 0.222. The van der Waals surface area contributed by atoms with Gasteiger partial charge in [-0.05, 0) is 81.9 Å². The third-order valence-corrected chi connectivity index (χ3v) is 8.41. The Morgan fingerprint density at radius 2 is 1.76 bits per heavy atom. The van der Waals surface area contributed by atoms with E-state index in [-0.39, 0.29) is 38.6 Å². The zero-order valence-electron chi connectivity index (χ0n) is 21.4. The van der Waals surface area contributed by atoms with Crippen LogP contribution in [-0.4, -0.2) is 30.6 Å². The predicted octanol–water partition coefficient (Wildman–Crippen LogP) is 8.36. The standard InChI is InChI=1S/C29H23BrCl3F3N2O3/c1-41-19-4-2-3-17(11-19)15-37-27(40)28(9-10-28)38-26(39)20-7-5-16(12-22(20)30)6-8-21(29(34,35)36)18-13-23(31)25(33)24(32)14-18/h2-8,11-14,21H,9-10,15H2,1H3,(H,37,40)(H,38,39)/b8-6+. The first kappa shape index (κ1) is 31.2. The van der Waals surface area contributed by atoms with Gasteiger partial charge < -0.3 is 15.4 Å². The number of hydrogen-bond donors (Lipinski definition) is 2. The summed E-state index contributed by atoms with van der Waals surface area (Å²) in [6.07, 6.45) is -1.39. The van der Waals surface area contributed by atoms with Crippen LogP contribution in [0.3, 0.4) is 0 Å². The lowest BCUT2D eigenvalue weighted by molar-refractivity contribution is -0.139. The van der Waals surface area contributed by atoms with E-state index < -0.39 is 23.5 Å². The van der Waals surface area contributed by atoms with Gasteiger partial charge in [-0.2, -0.15) is 13.2 Å². The minimum atomic E-state index is -4.63. The SMILES string of the molecule is COc1cccc(CNC(=O)C2(NC(=O)c3ccc(/C=C/C(c4cc(Cl)c(Cl)c(Cl)c4)C(F)(F)F)cc3Br)CC2)c1. The number of alkyl halides is 3. The van der Waals surface area contributed by atoms with Crippen LogP contribution in [0.4, 0.5) is 13.2 Å². The highest BCUT2D eigenvalue weighted by molar-refractivity contribution is 9.10. The lowest BCUT2D eigenvalue weighted by Gasteiger charge is -2.19. The molecule has 0 bridgehead atoms. The van der Waals surface area contributed by atoms with Gasteiger partial charge in [-0.25, -0.2) is 0 Å². The zero-order chi connectivity index (χ0) is 29.9. The number of allylic oxidation sites excluding steroid dienone is 1. The molecule has 1 atom stereocenters. The molecule has 0 spiro atoms. The number of amides is 2. The van der Waals surface area contributed by atoms with Gasteiger partial charge in [0.05, 0.1) is 33.7 Å². The van der Waals surface area contributed by atoms with Crippen molar-refractivity contribution in [3.8, 4) is 5.75 Å². The molecule has 0 radical (unpaired) electrons. The molecule has 0 aliphatic heterocycles. The minimum Gasteiger partial charge on any atom is -0.497 e. The number of carbonyl (C=O) groups is 2. The van der Waals surface area contributed by atoms with Crippen molar-refractivity contribution in [1.29, 1.82) is 0 Å². The Kier molecular flexibility index (Phi) is 9.63. The summed E-state index contributed by atoms with van der Waals surface area (Å²) in [4.78, 5) is 25.9. The summed E-state index contributed by atoms with van der Waals surface area (Å²) in [6, 6.07) is 14.0. The molecular weight excluding hydrogens is 668 g/mol. The summed E-state index contributed by atoms with van der Waals surface area (Å²) >= 11 is 21.1. The highest BCUT2D eigenvalue weighted by atomic mass is 79.9. The van der Waals surface area contributed by atoms with Crippen LogP contribution in [0.5, 0.6) is 5.75 Å². The average molecular weight is 691 g/mol. The summed E-state index contributed by atoms with van der Waals surface area (Å²) in [7, 11) is 1.56. The van der Waals surface area contributed by atoms with Crippen LogP contribution < -0.4 is 15.4 Å². The largest absolute Gasteiger partial charge is 0.497 e. The molecule has 5 nitrogen and oxygen atoms in total. The number of methoxy groups -OCH3 is 1. The van der Waals surface area contributed by atoms with E-state index in [1.807, 2.05) is 18.2 Å². The minimum absolute atomic E-state index is 0.0258. The third-order valence-electron chi connectivity index (χ3n) is 6.56. The van der Waals surface area contributed by atoms with Crippen LogP contribution >= 0.6 is 50.7 Å². The van der Waals surface area contributed by atoms with Crippen molar-refractivity contribution in [1.82, 2.24) is 10.6 Å². The molecule has 1 aliphatic rings. The number of halogens is 7. The predicted molar refractivity (Wildman–Crippen MR) is 158 cm³/mol. The number of rotatable bonds is 9. The van der Waals surface area contributed by atoms with Crippen LogP contribution in [-0.2, 0) is 11.3 Å². The molecule has 3 aromatic rings. The van der Waals surface area contributed by atoms with E-state index in [9.17, 15) is 22.8 Å². The molecule has 1 fully saturated rings. The molecule has 1 saturated carbocycles. The lowest BCUT2D eigenvalue weighted by atomic mass is 9.97. The Hall–Kier alpha value is -2.72. The molecular formula is C29H23BrCl3F3N2O3. The lowest BCUT2D eigenvalue weighted by Crippen LogP contribution is -2.48. The van der Waals surface area contributed by atoms with E-state index in [0.717, 1.165) is 23.8 Å². The van der Waals surface area contributed by atoms with Crippen molar-refractivity contribution in [3.63, 3.8) is 0 Å². The maximum atomic E-state index is 13.9. The van der Waals surface area contributed by atoms with Gasteiger partial charge in [0.2, 0.25) is 5.91 Å². The topological polar surface area (TPSA) is 67.4 Å². The van der Waals surface area contributed by atoms with Gasteiger partial charge in [0.15, 0.2) is 0 Å². The van der Waals surface area contributed by atoms with Crippen molar-refractivity contribution >= 4 is 68.6 Å². The molecule has 2 N–H and O–H groups in total. The maximum Gasteiger partial charge on any atom is 0.399 e. The van der Waals surface area contributed by atoms with E-state index in [2.05, 4.69) is 26.6 Å². The molecule has 0 aromatic heterocycles. The van der Waals surface area contributed by atoms with Crippen molar-refractivity contribution in [2.24, 2.45) is 0 Å². The van der Waals surface area contributed by atoms with Crippen molar-refractivity contribution in [2.45, 2.75) is 37.0 Å². The second-order valence-corrected chi connectivity index (χ2v) is 11.5. The molecule has 3 aromatic carbocycles. The number of hydrogen-bond acceptors (Lipinski definition) is 3. The summed E-state index contributed by atoms with van der Waals surface area (Å²) in [6.45, 7) is 0.270. The van der Waals surface area contributed by atoms with Gasteiger partial charge in [-0.1, -0.05) is 65.2 Å². The van der Waals surface area contributed by atoms with Gasteiger partial charge in [0, 0.05) is 11.0 Å². The first-order valence-electron chi connectivity index (χ1n) is 12.3. The maximum absolute atomic E-state index is 13.9. The van der Waals surface area contributed by atoms with Crippen LogP contribution in [0.1, 0.15) is 45.8 Å². The van der Waals surface area contributed by atoms with Crippen LogP contribution in [0.25, 0.3) is 6.08 Å². The molecule has 0 heterocycles. The zero-order valence-corrected chi connectivity index (χ0v) is 25.3. The number of ether oxygens (including phenoxy) is 1. The number of carbonyl (C=O) groups excluding carboxylic acids is 2. The van der Waals surface area contributed by atoms with E-state index >= 15 is 0 Å². The smallest absolute Gasteiger partial charge is 0.399 e. The molecule has 12 heteroatoms. The van der Waals surface area contributed by atoms with Crippen LogP contribution in [0.2, 0.25) is 15.1 Å². The second-order valence-electron chi connectivity index (χ2n) is 9.49. The van der Waals surface area contributed by atoms with Crippen LogP contribution in [0.15, 0.2) is 65.1 Å². The molecule has 216 valence electrons. The van der Waals surface area contributed by atoms with Crippen molar-refractivity contribution < 1.29 is 27.5 Å². The first-order chi connectivity index (χ1) is 19.3. The molecule has 1 aliphatic carbocycles. The van der Waals surface area contributed by atoms with Crippen molar-refractivity contribution in [3.05, 3.63) is 102 Å². The summed E-state index contributed by atoms with van der Waals surface area (Å²) in [5, 5.41) is 5.45. The fraction of sp³-hybridized carbons (Fsp3) is 0.241. The van der Waals surface area contributed by atoms with Gasteiger partial charge >= 0.3 is 6.18 Å². The first-order valence-corrected chi connectivity index (χ1v) is 14.2. The molecule has 41 heavy (non-hydrogen) atoms. The highest BCUT2D eigenvalue weighted by Gasteiger charge is 2.51. The van der Waals surface area contributed by atoms with Gasteiger partial charge in [0.25, 0.3) is 5.91 Å². The second kappa shape index (κ2) is 12.7. The Morgan fingerprint density at radius 3 is 2.34 bits per heavy atom. The Labute approximate surface area is 258 Å². The number of nitrogens with one attached hydrogen (secondary N) is 2. The fourth-order valence-electron chi connectivity index (χ4n) is 4.14. The van der Waals surface area contributed by atoms with E-state index in [0.29, 0.717) is 28.6 Å². The molecule has 4 rings (SSSR count).